The van der Waals surface area contributed by atoms with E-state index in [0.29, 0.717) is 33.6 Å². The van der Waals surface area contributed by atoms with Gasteiger partial charge in [0.2, 0.25) is 10.7 Å². The van der Waals surface area contributed by atoms with Crippen LogP contribution in [0.3, 0.4) is 0 Å². The average molecular weight is 499 g/mol. The van der Waals surface area contributed by atoms with Gasteiger partial charge in [0.05, 0.1) is 25.0 Å². The van der Waals surface area contributed by atoms with Crippen LogP contribution in [-0.4, -0.2) is 23.9 Å². The Morgan fingerprint density at radius 3 is 2.50 bits per heavy atom. The first kappa shape index (κ1) is 23.6. The fourth-order valence-corrected chi connectivity index (χ4v) is 4.52. The van der Waals surface area contributed by atoms with Crippen LogP contribution >= 0.6 is 11.3 Å². The number of benzene rings is 3. The predicted octanol–water partition coefficient (Wildman–Crippen LogP) is 6.90. The van der Waals surface area contributed by atoms with E-state index in [1.807, 2.05) is 67.6 Å². The van der Waals surface area contributed by atoms with Gasteiger partial charge in [-0.15, -0.1) is 10.2 Å². The first-order chi connectivity index (χ1) is 17.7. The molecule has 0 fully saturated rings. The van der Waals surface area contributed by atoms with Crippen molar-refractivity contribution in [3.8, 4) is 22.1 Å². The second-order valence-electron chi connectivity index (χ2n) is 7.97. The average Bonchev–Trinajstić information content (AvgIpc) is 3.38. The number of anilines is 2. The van der Waals surface area contributed by atoms with E-state index in [-0.39, 0.29) is 0 Å². The van der Waals surface area contributed by atoms with Gasteiger partial charge in [-0.1, -0.05) is 42.5 Å². The minimum atomic E-state index is 0.444. The third-order valence-corrected chi connectivity index (χ3v) is 6.48. The van der Waals surface area contributed by atoms with Gasteiger partial charge in [0, 0.05) is 11.1 Å². The molecule has 2 aromatic heterocycles. The maximum absolute atomic E-state index is 6.31. The Kier molecular flexibility index (Phi) is 6.95. The number of nitrogens with zero attached hydrogens (tertiary/aromatic N) is 3. The Morgan fingerprint density at radius 2 is 1.78 bits per heavy atom. The van der Waals surface area contributed by atoms with Gasteiger partial charge in [0.25, 0.3) is 0 Å². The van der Waals surface area contributed by atoms with E-state index in [4.69, 9.17) is 18.9 Å². The van der Waals surface area contributed by atoms with Crippen LogP contribution in [0.25, 0.3) is 21.5 Å². The highest BCUT2D eigenvalue weighted by molar-refractivity contribution is 7.18. The van der Waals surface area contributed by atoms with Crippen molar-refractivity contribution in [3.05, 3.63) is 83.9 Å². The third kappa shape index (κ3) is 5.08. The Labute approximate surface area is 213 Å². The van der Waals surface area contributed by atoms with Crippen LogP contribution in [0.1, 0.15) is 19.4 Å². The maximum Gasteiger partial charge on any atom is 0.230 e. The summed E-state index contributed by atoms with van der Waals surface area (Å²) in [6.07, 6.45) is 0.970. The number of ether oxygens (including phenoxy) is 2. The summed E-state index contributed by atoms with van der Waals surface area (Å²) in [5.74, 6) is 1.47. The van der Waals surface area contributed by atoms with Crippen LogP contribution in [0.2, 0.25) is 0 Å². The van der Waals surface area contributed by atoms with Crippen molar-refractivity contribution in [2.24, 2.45) is 4.99 Å². The minimum absolute atomic E-state index is 0.444. The molecular formula is C28H26N4O3S. The molecule has 0 aliphatic heterocycles. The first-order valence-electron chi connectivity index (χ1n) is 11.7. The van der Waals surface area contributed by atoms with Crippen molar-refractivity contribution in [2.75, 3.05) is 19.0 Å². The first-order valence-corrected chi connectivity index (χ1v) is 12.6. The molecule has 0 spiro atoms. The lowest BCUT2D eigenvalue weighted by atomic mass is 10.1. The van der Waals surface area contributed by atoms with Crippen molar-refractivity contribution in [3.63, 3.8) is 0 Å². The summed E-state index contributed by atoms with van der Waals surface area (Å²) < 4.78 is 17.3. The molecule has 0 saturated carbocycles. The normalized spacial score (nSPS) is 11.6. The monoisotopic (exact) mass is 498 g/mol. The highest BCUT2D eigenvalue weighted by Crippen LogP contribution is 2.31. The summed E-state index contributed by atoms with van der Waals surface area (Å²) in [5, 5.41) is 14.3. The van der Waals surface area contributed by atoms with Gasteiger partial charge in [0.1, 0.15) is 5.75 Å². The number of fused-ring (bicyclic) bond motifs is 1. The SMILES string of the molecule is CCOc1ccc(Nc2nnc(-c3cc4cccc(OC)c4oc3=Nc3ccc(CC)cc3)s2)cc1. The molecule has 0 aliphatic rings. The Hall–Kier alpha value is -4.17. The number of hydrogen-bond donors (Lipinski definition) is 1. The van der Waals surface area contributed by atoms with E-state index in [1.54, 1.807) is 7.11 Å². The van der Waals surface area contributed by atoms with E-state index in [0.717, 1.165) is 34.5 Å². The summed E-state index contributed by atoms with van der Waals surface area (Å²) in [7, 11) is 1.63. The molecule has 0 amide bonds. The Bertz CT molecular complexity index is 1540. The second kappa shape index (κ2) is 10.6. The number of aromatic nitrogens is 2. The Morgan fingerprint density at radius 1 is 0.972 bits per heavy atom. The number of nitrogens with one attached hydrogen (secondary N) is 1. The van der Waals surface area contributed by atoms with E-state index < -0.39 is 0 Å². The molecule has 0 saturated heterocycles. The van der Waals surface area contributed by atoms with Crippen LogP contribution in [-0.2, 0) is 6.42 Å². The van der Waals surface area contributed by atoms with Gasteiger partial charge in [0.15, 0.2) is 16.3 Å². The summed E-state index contributed by atoms with van der Waals surface area (Å²) in [6, 6.07) is 23.7. The van der Waals surface area contributed by atoms with Crippen molar-refractivity contribution >= 4 is 38.8 Å². The lowest BCUT2D eigenvalue weighted by molar-refractivity contribution is 0.340. The number of rotatable bonds is 8. The zero-order chi connectivity index (χ0) is 24.9. The molecule has 1 N–H and O–H groups in total. The Balaban J connectivity index is 1.56. The van der Waals surface area contributed by atoms with Crippen LogP contribution in [0, 0.1) is 0 Å². The predicted molar refractivity (Wildman–Crippen MR) is 144 cm³/mol. The molecule has 0 atom stereocenters. The summed E-state index contributed by atoms with van der Waals surface area (Å²) in [4.78, 5) is 4.82. The van der Waals surface area contributed by atoms with E-state index in [1.165, 1.54) is 16.9 Å². The summed E-state index contributed by atoms with van der Waals surface area (Å²) in [6.45, 7) is 4.72. The van der Waals surface area contributed by atoms with Gasteiger partial charge in [-0.25, -0.2) is 4.99 Å². The lowest BCUT2D eigenvalue weighted by Gasteiger charge is -2.06. The van der Waals surface area contributed by atoms with E-state index in [2.05, 4.69) is 34.6 Å². The fourth-order valence-electron chi connectivity index (χ4n) is 3.75. The molecule has 0 bridgehead atoms. The summed E-state index contributed by atoms with van der Waals surface area (Å²) in [5.41, 5.74) is 4.77. The van der Waals surface area contributed by atoms with Crippen LogP contribution in [0.4, 0.5) is 16.5 Å². The zero-order valence-corrected chi connectivity index (χ0v) is 21.1. The molecule has 0 radical (unpaired) electrons. The van der Waals surface area contributed by atoms with Crippen LogP contribution in [0.5, 0.6) is 11.5 Å². The molecule has 2 heterocycles. The standard InChI is InChI=1S/C28H26N4O3S/c1-4-18-9-11-20(12-10-18)29-26-23(17-19-7-6-8-24(33-3)25(19)35-26)27-31-32-28(36-27)30-21-13-15-22(16-14-21)34-5-2/h6-17H,4-5H2,1-3H3,(H,30,32). The van der Waals surface area contributed by atoms with Crippen molar-refractivity contribution in [1.29, 1.82) is 0 Å². The molecule has 0 aliphatic carbocycles. The molecule has 8 heteroatoms. The molecular weight excluding hydrogens is 472 g/mol. The molecule has 36 heavy (non-hydrogen) atoms. The molecule has 7 nitrogen and oxygen atoms in total. The lowest BCUT2D eigenvalue weighted by Crippen LogP contribution is -2.06. The van der Waals surface area contributed by atoms with Gasteiger partial charge in [-0.2, -0.15) is 0 Å². The topological polar surface area (TPSA) is 81.8 Å². The summed E-state index contributed by atoms with van der Waals surface area (Å²) >= 11 is 1.43. The van der Waals surface area contributed by atoms with E-state index in [9.17, 15) is 0 Å². The number of aryl methyl sites for hydroxylation is 1. The van der Waals surface area contributed by atoms with Crippen molar-refractivity contribution in [2.45, 2.75) is 20.3 Å². The van der Waals surface area contributed by atoms with Crippen molar-refractivity contribution in [1.82, 2.24) is 10.2 Å². The molecule has 182 valence electrons. The van der Waals surface area contributed by atoms with Crippen molar-refractivity contribution < 1.29 is 13.9 Å². The largest absolute Gasteiger partial charge is 0.494 e. The van der Waals surface area contributed by atoms with Gasteiger partial charge >= 0.3 is 0 Å². The zero-order valence-electron chi connectivity index (χ0n) is 20.3. The van der Waals surface area contributed by atoms with Gasteiger partial charge < -0.3 is 19.2 Å². The second-order valence-corrected chi connectivity index (χ2v) is 8.95. The van der Waals surface area contributed by atoms with Crippen LogP contribution in [0.15, 0.2) is 82.2 Å². The highest BCUT2D eigenvalue weighted by Gasteiger charge is 2.15. The number of methoxy groups -OCH3 is 1. The smallest absolute Gasteiger partial charge is 0.230 e. The molecule has 5 rings (SSSR count). The maximum atomic E-state index is 6.31. The quantitative estimate of drug-likeness (QED) is 0.251. The molecule has 3 aromatic carbocycles. The van der Waals surface area contributed by atoms with Gasteiger partial charge in [-0.05, 0) is 67.4 Å². The third-order valence-electron chi connectivity index (χ3n) is 5.61. The van der Waals surface area contributed by atoms with Gasteiger partial charge in [-0.3, -0.25) is 0 Å². The number of hydrogen-bond acceptors (Lipinski definition) is 8. The number of para-hydroxylation sites is 1. The molecule has 0 unspecified atom stereocenters. The fraction of sp³-hybridized carbons (Fsp3) is 0.179. The molecule has 5 aromatic rings. The minimum Gasteiger partial charge on any atom is -0.494 e. The highest BCUT2D eigenvalue weighted by atomic mass is 32.1. The van der Waals surface area contributed by atoms with Crippen LogP contribution < -0.4 is 20.3 Å². The van der Waals surface area contributed by atoms with E-state index >= 15 is 0 Å².